The molecule has 2 N–H and O–H groups in total. The first-order chi connectivity index (χ1) is 8.83. The van der Waals surface area contributed by atoms with Gasteiger partial charge in [0.05, 0.1) is 25.4 Å². The van der Waals surface area contributed by atoms with Gasteiger partial charge in [0.25, 0.3) is 0 Å². The molecular weight excluding hydrogens is 250 g/mol. The Hall–Kier alpha value is -1.75. The molecule has 2 rings (SSSR count). The van der Waals surface area contributed by atoms with Gasteiger partial charge in [-0.25, -0.2) is 4.68 Å². The van der Waals surface area contributed by atoms with E-state index in [0.717, 1.165) is 4.88 Å². The molecule has 0 aromatic carbocycles. The van der Waals surface area contributed by atoms with Gasteiger partial charge in [-0.1, -0.05) is 11.3 Å². The summed E-state index contributed by atoms with van der Waals surface area (Å²) in [6.07, 6.45) is 1.67. The molecule has 2 aromatic heterocycles. The van der Waals surface area contributed by atoms with E-state index < -0.39 is 6.04 Å². The molecule has 2 aromatic rings. The first-order valence-electron chi connectivity index (χ1n) is 5.49. The number of nitriles is 1. The average molecular weight is 263 g/mol. The number of aliphatic hydroxyl groups is 1. The third kappa shape index (κ3) is 3.13. The highest BCUT2D eigenvalue weighted by atomic mass is 32.1. The summed E-state index contributed by atoms with van der Waals surface area (Å²) >= 11 is 1.64. The number of nitrogens with zero attached hydrogens (tertiary/aromatic N) is 4. The van der Waals surface area contributed by atoms with E-state index >= 15 is 0 Å². The van der Waals surface area contributed by atoms with Crippen LogP contribution in [0.5, 0.6) is 0 Å². The van der Waals surface area contributed by atoms with Gasteiger partial charge < -0.3 is 5.11 Å². The molecule has 2 heterocycles. The first-order valence-corrected chi connectivity index (χ1v) is 6.37. The van der Waals surface area contributed by atoms with Crippen LogP contribution in [0.1, 0.15) is 16.6 Å². The lowest BCUT2D eigenvalue weighted by Gasteiger charge is -2.06. The number of aromatic nitrogens is 3. The van der Waals surface area contributed by atoms with Crippen molar-refractivity contribution in [2.45, 2.75) is 19.1 Å². The maximum atomic E-state index is 9.11. The molecule has 0 amide bonds. The molecule has 1 atom stereocenters. The van der Waals surface area contributed by atoms with E-state index in [0.29, 0.717) is 18.8 Å². The zero-order valence-electron chi connectivity index (χ0n) is 9.65. The van der Waals surface area contributed by atoms with E-state index in [1.165, 1.54) is 4.68 Å². The molecule has 0 radical (unpaired) electrons. The first kappa shape index (κ1) is 12.7. The van der Waals surface area contributed by atoms with Crippen LogP contribution < -0.4 is 5.32 Å². The van der Waals surface area contributed by atoms with Crippen molar-refractivity contribution in [1.29, 1.82) is 5.26 Å². The number of rotatable bonds is 6. The van der Waals surface area contributed by atoms with Crippen LogP contribution in [0.15, 0.2) is 23.7 Å². The number of hydrogen-bond donors (Lipinski definition) is 2. The average Bonchev–Trinajstić information content (AvgIpc) is 3.02. The smallest absolute Gasteiger partial charge is 0.142 e. The molecule has 0 saturated carbocycles. The van der Waals surface area contributed by atoms with Crippen molar-refractivity contribution in [2.24, 2.45) is 0 Å². The fourth-order valence-corrected chi connectivity index (χ4v) is 2.15. The lowest BCUT2D eigenvalue weighted by Crippen LogP contribution is -2.19. The van der Waals surface area contributed by atoms with Gasteiger partial charge in [0.2, 0.25) is 0 Å². The summed E-state index contributed by atoms with van der Waals surface area (Å²) in [6.45, 7) is 1.02. The van der Waals surface area contributed by atoms with Crippen LogP contribution in [0.3, 0.4) is 0 Å². The molecule has 0 aliphatic carbocycles. The zero-order chi connectivity index (χ0) is 12.8. The maximum Gasteiger partial charge on any atom is 0.142 e. The Morgan fingerprint density at radius 1 is 1.61 bits per heavy atom. The monoisotopic (exact) mass is 263 g/mol. The fraction of sp³-hybridized carbons (Fsp3) is 0.364. The number of nitrogens with one attached hydrogen (secondary N) is 1. The predicted octanol–water partition coefficient (Wildman–Crippen LogP) is 0.686. The van der Waals surface area contributed by atoms with Crippen molar-refractivity contribution in [3.05, 3.63) is 34.3 Å². The van der Waals surface area contributed by atoms with Crippen molar-refractivity contribution in [3.63, 3.8) is 0 Å². The highest BCUT2D eigenvalue weighted by Gasteiger charge is 2.14. The van der Waals surface area contributed by atoms with Crippen molar-refractivity contribution >= 4 is 11.3 Å². The Labute approximate surface area is 108 Å². The summed E-state index contributed by atoms with van der Waals surface area (Å²) in [5.41, 5.74) is 0.572. The summed E-state index contributed by atoms with van der Waals surface area (Å²) in [4.78, 5) is 1.16. The molecule has 0 spiro atoms. The van der Waals surface area contributed by atoms with Gasteiger partial charge in [0.15, 0.2) is 0 Å². The molecule has 7 heteroatoms. The highest BCUT2D eigenvalue weighted by molar-refractivity contribution is 7.09. The van der Waals surface area contributed by atoms with Crippen molar-refractivity contribution in [3.8, 4) is 6.07 Å². The summed E-state index contributed by atoms with van der Waals surface area (Å²) in [7, 11) is 0. The Kier molecular flexibility index (Phi) is 4.41. The van der Waals surface area contributed by atoms with Gasteiger partial charge in [-0.3, -0.25) is 5.32 Å². The second-order valence-corrected chi connectivity index (χ2v) is 4.68. The SMILES string of the molecule is N#CC(NCc1cccs1)c1cn(CCO)nn1. The fourth-order valence-electron chi connectivity index (χ4n) is 1.49. The van der Waals surface area contributed by atoms with E-state index in [1.54, 1.807) is 17.5 Å². The topological polar surface area (TPSA) is 86.8 Å². The van der Waals surface area contributed by atoms with Crippen LogP contribution in [0.4, 0.5) is 0 Å². The lowest BCUT2D eigenvalue weighted by atomic mass is 10.2. The molecule has 0 bridgehead atoms. The molecule has 0 aliphatic rings. The predicted molar refractivity (Wildman–Crippen MR) is 66.6 cm³/mol. The van der Waals surface area contributed by atoms with E-state index in [2.05, 4.69) is 21.7 Å². The third-order valence-electron chi connectivity index (χ3n) is 2.37. The van der Waals surface area contributed by atoms with Crippen LogP contribution in [0.2, 0.25) is 0 Å². The lowest BCUT2D eigenvalue weighted by molar-refractivity contribution is 0.268. The zero-order valence-corrected chi connectivity index (χ0v) is 10.5. The molecule has 0 saturated heterocycles. The van der Waals surface area contributed by atoms with Gasteiger partial charge in [-0.2, -0.15) is 5.26 Å². The minimum absolute atomic E-state index is 0.00262. The van der Waals surface area contributed by atoms with Gasteiger partial charge in [-0.05, 0) is 11.4 Å². The number of thiophene rings is 1. The summed E-state index contributed by atoms with van der Waals surface area (Å²) in [5, 5.41) is 30.8. The van der Waals surface area contributed by atoms with Gasteiger partial charge in [0.1, 0.15) is 11.7 Å². The quantitative estimate of drug-likeness (QED) is 0.800. The van der Waals surface area contributed by atoms with Gasteiger partial charge in [-0.15, -0.1) is 16.4 Å². The van der Waals surface area contributed by atoms with Crippen LogP contribution in [-0.2, 0) is 13.1 Å². The summed E-state index contributed by atoms with van der Waals surface area (Å²) in [6, 6.07) is 5.65. The Morgan fingerprint density at radius 3 is 3.17 bits per heavy atom. The van der Waals surface area contributed by atoms with Crippen molar-refractivity contribution in [2.75, 3.05) is 6.61 Å². The summed E-state index contributed by atoms with van der Waals surface area (Å²) < 4.78 is 1.52. The van der Waals surface area contributed by atoms with E-state index in [1.807, 2.05) is 17.5 Å². The normalized spacial score (nSPS) is 12.2. The molecule has 0 fully saturated rings. The molecule has 94 valence electrons. The van der Waals surface area contributed by atoms with E-state index in [4.69, 9.17) is 10.4 Å². The highest BCUT2D eigenvalue weighted by Crippen LogP contribution is 2.12. The minimum Gasteiger partial charge on any atom is -0.394 e. The standard InChI is InChI=1S/C11H13N5OS/c12-6-10(13-7-9-2-1-5-18-9)11-8-16(3-4-17)15-14-11/h1-2,5,8,10,13,17H,3-4,7H2. The molecule has 18 heavy (non-hydrogen) atoms. The van der Waals surface area contributed by atoms with Gasteiger partial charge >= 0.3 is 0 Å². The maximum absolute atomic E-state index is 9.11. The summed E-state index contributed by atoms with van der Waals surface area (Å²) in [5.74, 6) is 0. The Morgan fingerprint density at radius 2 is 2.50 bits per heavy atom. The van der Waals surface area contributed by atoms with Crippen molar-refractivity contribution in [1.82, 2.24) is 20.3 Å². The second kappa shape index (κ2) is 6.26. The second-order valence-electron chi connectivity index (χ2n) is 3.65. The number of hydrogen-bond acceptors (Lipinski definition) is 6. The van der Waals surface area contributed by atoms with Crippen molar-refractivity contribution < 1.29 is 5.11 Å². The molecule has 6 nitrogen and oxygen atoms in total. The van der Waals surface area contributed by atoms with Crippen LogP contribution in [-0.4, -0.2) is 26.7 Å². The molecule has 0 aliphatic heterocycles. The molecular formula is C11H13N5OS. The van der Waals surface area contributed by atoms with E-state index in [-0.39, 0.29) is 6.61 Å². The minimum atomic E-state index is -0.487. The third-order valence-corrected chi connectivity index (χ3v) is 3.25. The Bertz CT molecular complexity index is 516. The Balaban J connectivity index is 1.97. The van der Waals surface area contributed by atoms with Crippen LogP contribution >= 0.6 is 11.3 Å². The largest absolute Gasteiger partial charge is 0.394 e. The van der Waals surface area contributed by atoms with Gasteiger partial charge in [0, 0.05) is 11.4 Å². The van der Waals surface area contributed by atoms with Crippen LogP contribution in [0.25, 0.3) is 0 Å². The van der Waals surface area contributed by atoms with Crippen LogP contribution in [0, 0.1) is 11.3 Å². The van der Waals surface area contributed by atoms with E-state index in [9.17, 15) is 0 Å². The number of aliphatic hydroxyl groups excluding tert-OH is 1. The molecule has 1 unspecified atom stereocenters.